The van der Waals surface area contributed by atoms with E-state index in [-0.39, 0.29) is 16.6 Å². The normalized spacial score (nSPS) is 15.5. The zero-order chi connectivity index (χ0) is 25.1. The molecule has 1 aliphatic rings. The van der Waals surface area contributed by atoms with Gasteiger partial charge in [0.2, 0.25) is 5.76 Å². The van der Waals surface area contributed by atoms with E-state index in [0.29, 0.717) is 33.0 Å². The van der Waals surface area contributed by atoms with Crippen molar-refractivity contribution in [3.05, 3.63) is 103 Å². The Labute approximate surface area is 216 Å². The molecular weight excluding hydrogens is 530 g/mol. The van der Waals surface area contributed by atoms with Crippen LogP contribution in [0.1, 0.15) is 54.1 Å². The number of anilines is 1. The van der Waals surface area contributed by atoms with E-state index < -0.39 is 11.9 Å². The van der Waals surface area contributed by atoms with E-state index in [2.05, 4.69) is 36.7 Å². The molecule has 0 saturated carbocycles. The number of fused-ring (bicyclic) bond motifs is 2. The van der Waals surface area contributed by atoms with Crippen LogP contribution in [0.3, 0.4) is 0 Å². The number of halogens is 2. The molecule has 0 fully saturated rings. The first kappa shape index (κ1) is 23.6. The molecule has 1 unspecified atom stereocenters. The first-order chi connectivity index (χ1) is 16.6. The lowest BCUT2D eigenvalue weighted by molar-refractivity contribution is 0.0971. The van der Waals surface area contributed by atoms with Crippen molar-refractivity contribution in [2.75, 3.05) is 12.0 Å². The average Bonchev–Trinajstić information content (AvgIpc) is 3.11. The molecule has 0 bridgehead atoms. The van der Waals surface area contributed by atoms with Gasteiger partial charge in [-0.15, -0.1) is 0 Å². The van der Waals surface area contributed by atoms with Gasteiger partial charge in [0.05, 0.1) is 29.1 Å². The van der Waals surface area contributed by atoms with Gasteiger partial charge in [-0.3, -0.25) is 14.5 Å². The fourth-order valence-electron chi connectivity index (χ4n) is 4.50. The summed E-state index contributed by atoms with van der Waals surface area (Å²) in [4.78, 5) is 29.1. The summed E-state index contributed by atoms with van der Waals surface area (Å²) in [6.45, 7) is 6.42. The highest BCUT2D eigenvalue weighted by atomic mass is 79.9. The molecular formula is C28H23BrClNO4. The largest absolute Gasteiger partial charge is 0.495 e. The molecule has 1 aliphatic heterocycles. The number of benzene rings is 3. The number of nitrogens with zero attached hydrogens (tertiary/aromatic N) is 1. The van der Waals surface area contributed by atoms with Crippen LogP contribution in [0.2, 0.25) is 5.02 Å². The minimum absolute atomic E-state index is 0.0351. The molecule has 0 aliphatic carbocycles. The van der Waals surface area contributed by atoms with Gasteiger partial charge < -0.3 is 9.15 Å². The summed E-state index contributed by atoms with van der Waals surface area (Å²) < 4.78 is 12.1. The third-order valence-electron chi connectivity index (χ3n) is 6.34. The van der Waals surface area contributed by atoms with E-state index in [0.717, 1.165) is 15.6 Å². The second-order valence-corrected chi connectivity index (χ2v) is 10.9. The van der Waals surface area contributed by atoms with Gasteiger partial charge >= 0.3 is 0 Å². The molecule has 4 aromatic rings. The van der Waals surface area contributed by atoms with Gasteiger partial charge in [0.25, 0.3) is 5.91 Å². The maximum absolute atomic E-state index is 13.8. The number of carbonyl (C=O) groups is 1. The van der Waals surface area contributed by atoms with E-state index in [1.807, 2.05) is 24.3 Å². The monoisotopic (exact) mass is 551 g/mol. The predicted octanol–water partition coefficient (Wildman–Crippen LogP) is 7.26. The van der Waals surface area contributed by atoms with E-state index >= 15 is 0 Å². The predicted molar refractivity (Wildman–Crippen MR) is 142 cm³/mol. The van der Waals surface area contributed by atoms with Crippen LogP contribution in [0.25, 0.3) is 11.0 Å². The van der Waals surface area contributed by atoms with Crippen LogP contribution in [0.15, 0.2) is 74.3 Å². The van der Waals surface area contributed by atoms with Crippen LogP contribution in [-0.2, 0) is 5.41 Å². The highest BCUT2D eigenvalue weighted by Crippen LogP contribution is 2.43. The fourth-order valence-corrected chi connectivity index (χ4v) is 5.11. The number of methoxy groups -OCH3 is 1. The zero-order valence-corrected chi connectivity index (χ0v) is 22.0. The van der Waals surface area contributed by atoms with Crippen molar-refractivity contribution in [1.29, 1.82) is 0 Å². The lowest BCUT2D eigenvalue weighted by Crippen LogP contribution is -2.29. The van der Waals surface area contributed by atoms with Crippen molar-refractivity contribution in [2.45, 2.75) is 32.2 Å². The molecule has 0 radical (unpaired) electrons. The summed E-state index contributed by atoms with van der Waals surface area (Å²) in [5.74, 6) is 0.144. The molecule has 0 spiro atoms. The van der Waals surface area contributed by atoms with Gasteiger partial charge in [-0.2, -0.15) is 0 Å². The molecule has 5 nitrogen and oxygen atoms in total. The van der Waals surface area contributed by atoms with Crippen molar-refractivity contribution in [1.82, 2.24) is 0 Å². The van der Waals surface area contributed by atoms with E-state index in [1.54, 1.807) is 41.3 Å². The lowest BCUT2D eigenvalue weighted by atomic mass is 9.86. The highest BCUT2D eigenvalue weighted by molar-refractivity contribution is 9.10. The van der Waals surface area contributed by atoms with Crippen molar-refractivity contribution < 1.29 is 13.9 Å². The lowest BCUT2D eigenvalue weighted by Gasteiger charge is -2.26. The highest BCUT2D eigenvalue weighted by Gasteiger charge is 2.44. The zero-order valence-electron chi connectivity index (χ0n) is 19.7. The number of rotatable bonds is 3. The molecule has 1 amide bonds. The molecule has 0 saturated heterocycles. The number of carbonyl (C=O) groups excluding carboxylic acids is 1. The number of amides is 1. The number of hydrogen-bond donors (Lipinski definition) is 0. The van der Waals surface area contributed by atoms with Crippen LogP contribution < -0.4 is 15.1 Å². The Bertz CT molecular complexity index is 1540. The fraction of sp³-hybridized carbons (Fsp3) is 0.214. The van der Waals surface area contributed by atoms with E-state index in [9.17, 15) is 9.59 Å². The van der Waals surface area contributed by atoms with Gasteiger partial charge in [0.15, 0.2) is 5.43 Å². The maximum atomic E-state index is 13.8. The maximum Gasteiger partial charge on any atom is 0.295 e. The molecule has 1 atom stereocenters. The van der Waals surface area contributed by atoms with E-state index in [4.69, 9.17) is 20.8 Å². The summed E-state index contributed by atoms with van der Waals surface area (Å²) in [5, 5.41) is 0.779. The second kappa shape index (κ2) is 8.54. The van der Waals surface area contributed by atoms with E-state index in [1.165, 1.54) is 7.11 Å². The average molecular weight is 553 g/mol. The van der Waals surface area contributed by atoms with Gasteiger partial charge in [-0.25, -0.2) is 0 Å². The summed E-state index contributed by atoms with van der Waals surface area (Å²) in [6.07, 6.45) is 0. The van der Waals surface area contributed by atoms with Crippen LogP contribution in [0, 0.1) is 0 Å². The van der Waals surface area contributed by atoms with Crippen molar-refractivity contribution in [2.24, 2.45) is 0 Å². The minimum Gasteiger partial charge on any atom is -0.495 e. The smallest absolute Gasteiger partial charge is 0.295 e. The topological polar surface area (TPSA) is 59.8 Å². The van der Waals surface area contributed by atoms with Crippen molar-refractivity contribution >= 4 is 50.1 Å². The van der Waals surface area contributed by atoms with Crippen molar-refractivity contribution in [3.63, 3.8) is 0 Å². The number of ether oxygens (including phenoxy) is 1. The van der Waals surface area contributed by atoms with Gasteiger partial charge in [0, 0.05) is 10.2 Å². The Hall–Kier alpha value is -3.09. The van der Waals surface area contributed by atoms with Gasteiger partial charge in [-0.05, 0) is 52.9 Å². The van der Waals surface area contributed by atoms with Crippen LogP contribution in [-0.4, -0.2) is 13.0 Å². The molecule has 3 aromatic carbocycles. The second-order valence-electron chi connectivity index (χ2n) is 9.58. The molecule has 2 heterocycles. The molecule has 35 heavy (non-hydrogen) atoms. The standard InChI is InChI=1S/C28H23BrClNO4/c1-28(2,3)16-7-5-15(6-8-16)24-23-25(32)19-13-17(29)9-11-21(19)35-26(23)27(33)31(24)18-10-12-22(34-4)20(30)14-18/h5-14,24H,1-4H3. The van der Waals surface area contributed by atoms with Gasteiger partial charge in [0.1, 0.15) is 11.3 Å². The first-order valence-corrected chi connectivity index (χ1v) is 12.3. The Morgan fingerprint density at radius 3 is 2.34 bits per heavy atom. The minimum atomic E-state index is -0.671. The Morgan fingerprint density at radius 2 is 1.71 bits per heavy atom. The SMILES string of the molecule is COc1ccc(N2C(=O)c3oc4ccc(Br)cc4c(=O)c3C2c2ccc(C(C)(C)C)cc2)cc1Cl. The quantitative estimate of drug-likeness (QED) is 0.268. The summed E-state index contributed by atoms with van der Waals surface area (Å²) in [5.41, 5.74) is 2.91. The third-order valence-corrected chi connectivity index (χ3v) is 7.13. The molecule has 5 rings (SSSR count). The number of hydrogen-bond acceptors (Lipinski definition) is 4. The van der Waals surface area contributed by atoms with Crippen LogP contribution in [0.5, 0.6) is 5.75 Å². The first-order valence-electron chi connectivity index (χ1n) is 11.1. The third kappa shape index (κ3) is 3.95. The molecule has 7 heteroatoms. The van der Waals surface area contributed by atoms with Crippen LogP contribution in [0.4, 0.5) is 5.69 Å². The summed E-state index contributed by atoms with van der Waals surface area (Å²) in [7, 11) is 1.53. The van der Waals surface area contributed by atoms with Crippen LogP contribution >= 0.6 is 27.5 Å². The Morgan fingerprint density at radius 1 is 1.00 bits per heavy atom. The summed E-state index contributed by atoms with van der Waals surface area (Å²) in [6, 6.07) is 17.7. The summed E-state index contributed by atoms with van der Waals surface area (Å²) >= 11 is 9.84. The van der Waals surface area contributed by atoms with Gasteiger partial charge in [-0.1, -0.05) is 72.6 Å². The molecule has 0 N–H and O–H groups in total. The Balaban J connectivity index is 1.77. The van der Waals surface area contributed by atoms with Crippen molar-refractivity contribution in [3.8, 4) is 5.75 Å². The molecule has 178 valence electrons. The Kier molecular flexibility index (Phi) is 5.77. The molecule has 1 aromatic heterocycles.